The summed E-state index contributed by atoms with van der Waals surface area (Å²) in [6.45, 7) is 1.56. The van der Waals surface area contributed by atoms with Crippen molar-refractivity contribution >= 4 is 40.7 Å². The lowest BCUT2D eigenvalue weighted by atomic mass is 10.2. The van der Waals surface area contributed by atoms with Gasteiger partial charge in [0.2, 0.25) is 11.8 Å². The van der Waals surface area contributed by atoms with Gasteiger partial charge < -0.3 is 20.0 Å². The number of carbonyl (C=O) groups is 3. The van der Waals surface area contributed by atoms with Crippen molar-refractivity contribution in [1.29, 1.82) is 0 Å². The van der Waals surface area contributed by atoms with E-state index in [4.69, 9.17) is 16.0 Å². The number of benzene rings is 1. The van der Waals surface area contributed by atoms with E-state index in [0.29, 0.717) is 22.8 Å². The molecule has 1 aromatic heterocycles. The van der Waals surface area contributed by atoms with Gasteiger partial charge >= 0.3 is 0 Å². The molecule has 0 aliphatic heterocycles. The van der Waals surface area contributed by atoms with Gasteiger partial charge in [-0.1, -0.05) is 18.5 Å². The summed E-state index contributed by atoms with van der Waals surface area (Å²) in [6.07, 6.45) is 1.72. The van der Waals surface area contributed by atoms with Gasteiger partial charge in [0.1, 0.15) is 0 Å². The van der Waals surface area contributed by atoms with Gasteiger partial charge in [0.25, 0.3) is 5.91 Å². The Labute approximate surface area is 149 Å². The zero-order valence-electron chi connectivity index (χ0n) is 13.8. The summed E-state index contributed by atoms with van der Waals surface area (Å²) >= 11 is 6.07. The highest BCUT2D eigenvalue weighted by molar-refractivity contribution is 6.33. The standard InChI is InChI=1S/C17H18ClN3O4/c1-3-15(22)19-11-6-7-12(18)13(9-11)20-16(23)10-21(2)17(24)14-5-4-8-25-14/h4-9H,3,10H2,1-2H3,(H,19,22)(H,20,23). The summed E-state index contributed by atoms with van der Waals surface area (Å²) in [5, 5.41) is 5.63. The number of carbonyl (C=O) groups excluding carboxylic acids is 3. The summed E-state index contributed by atoms with van der Waals surface area (Å²) in [5.74, 6) is -0.834. The highest BCUT2D eigenvalue weighted by Crippen LogP contribution is 2.25. The number of nitrogens with zero attached hydrogens (tertiary/aromatic N) is 1. The molecular weight excluding hydrogens is 346 g/mol. The predicted molar refractivity (Wildman–Crippen MR) is 94.7 cm³/mol. The molecule has 0 saturated heterocycles. The van der Waals surface area contributed by atoms with E-state index in [0.717, 1.165) is 0 Å². The Morgan fingerprint density at radius 2 is 1.92 bits per heavy atom. The second-order valence-electron chi connectivity index (χ2n) is 5.28. The fourth-order valence-corrected chi connectivity index (χ4v) is 2.18. The Balaban J connectivity index is 2.01. The molecule has 2 N–H and O–H groups in total. The van der Waals surface area contributed by atoms with Crippen LogP contribution in [0.3, 0.4) is 0 Å². The number of hydrogen-bond acceptors (Lipinski definition) is 4. The van der Waals surface area contributed by atoms with Crippen molar-refractivity contribution in [3.63, 3.8) is 0 Å². The van der Waals surface area contributed by atoms with Crippen molar-refractivity contribution in [3.05, 3.63) is 47.4 Å². The van der Waals surface area contributed by atoms with Crippen LogP contribution in [0.4, 0.5) is 11.4 Å². The third kappa shape index (κ3) is 5.09. The van der Waals surface area contributed by atoms with E-state index in [-0.39, 0.29) is 18.2 Å². The Morgan fingerprint density at radius 3 is 2.56 bits per heavy atom. The fraction of sp³-hybridized carbons (Fsp3) is 0.235. The summed E-state index contributed by atoms with van der Waals surface area (Å²) in [6, 6.07) is 7.88. The highest BCUT2D eigenvalue weighted by atomic mass is 35.5. The number of furan rings is 1. The number of rotatable bonds is 6. The van der Waals surface area contributed by atoms with Crippen molar-refractivity contribution in [1.82, 2.24) is 4.90 Å². The second kappa shape index (κ2) is 8.34. The van der Waals surface area contributed by atoms with Crippen LogP contribution in [-0.4, -0.2) is 36.2 Å². The minimum atomic E-state index is -0.428. The molecule has 0 radical (unpaired) electrons. The minimum Gasteiger partial charge on any atom is -0.459 e. The topological polar surface area (TPSA) is 91.7 Å². The van der Waals surface area contributed by atoms with Gasteiger partial charge in [-0.3, -0.25) is 14.4 Å². The number of nitrogens with one attached hydrogen (secondary N) is 2. The molecule has 25 heavy (non-hydrogen) atoms. The molecule has 132 valence electrons. The first-order valence-electron chi connectivity index (χ1n) is 7.59. The molecule has 0 atom stereocenters. The van der Waals surface area contributed by atoms with E-state index in [1.54, 1.807) is 31.2 Å². The van der Waals surface area contributed by atoms with Crippen molar-refractivity contribution in [2.24, 2.45) is 0 Å². The van der Waals surface area contributed by atoms with E-state index in [1.165, 1.54) is 24.3 Å². The normalized spacial score (nSPS) is 10.2. The molecule has 0 spiro atoms. The molecule has 7 nitrogen and oxygen atoms in total. The first-order valence-corrected chi connectivity index (χ1v) is 7.96. The first kappa shape index (κ1) is 18.5. The van der Waals surface area contributed by atoms with Crippen LogP contribution in [0.15, 0.2) is 41.0 Å². The molecule has 8 heteroatoms. The fourth-order valence-electron chi connectivity index (χ4n) is 2.01. The minimum absolute atomic E-state index is 0.150. The zero-order valence-corrected chi connectivity index (χ0v) is 14.6. The average Bonchev–Trinajstić information content (AvgIpc) is 3.11. The summed E-state index contributed by atoms with van der Waals surface area (Å²) in [5.41, 5.74) is 0.867. The maximum Gasteiger partial charge on any atom is 0.289 e. The van der Waals surface area contributed by atoms with Gasteiger partial charge in [-0.2, -0.15) is 0 Å². The van der Waals surface area contributed by atoms with Crippen molar-refractivity contribution < 1.29 is 18.8 Å². The number of halogens is 1. The van der Waals surface area contributed by atoms with Crippen molar-refractivity contribution in [3.8, 4) is 0 Å². The van der Waals surface area contributed by atoms with E-state index >= 15 is 0 Å². The zero-order chi connectivity index (χ0) is 18.4. The lowest BCUT2D eigenvalue weighted by molar-refractivity contribution is -0.117. The molecular formula is C17H18ClN3O4. The van der Waals surface area contributed by atoms with Gasteiger partial charge in [0.15, 0.2) is 5.76 Å². The molecule has 0 aliphatic rings. The molecule has 2 aromatic rings. The maximum absolute atomic E-state index is 12.2. The summed E-state index contributed by atoms with van der Waals surface area (Å²) in [4.78, 5) is 36.9. The molecule has 0 fully saturated rings. The van der Waals surface area contributed by atoms with Crippen LogP contribution in [0.2, 0.25) is 5.02 Å². The molecule has 0 unspecified atom stereocenters. The van der Waals surface area contributed by atoms with Gasteiger partial charge in [0.05, 0.1) is 23.5 Å². The third-order valence-electron chi connectivity index (χ3n) is 3.30. The number of anilines is 2. The molecule has 1 aromatic carbocycles. The first-order chi connectivity index (χ1) is 11.9. The highest BCUT2D eigenvalue weighted by Gasteiger charge is 2.17. The summed E-state index contributed by atoms with van der Waals surface area (Å²) in [7, 11) is 1.49. The van der Waals surface area contributed by atoms with Crippen LogP contribution >= 0.6 is 11.6 Å². The van der Waals surface area contributed by atoms with Gasteiger partial charge in [-0.25, -0.2) is 0 Å². The van der Waals surface area contributed by atoms with E-state index in [9.17, 15) is 14.4 Å². The van der Waals surface area contributed by atoms with Crippen LogP contribution in [0.25, 0.3) is 0 Å². The third-order valence-corrected chi connectivity index (χ3v) is 3.63. The second-order valence-corrected chi connectivity index (χ2v) is 5.69. The van der Waals surface area contributed by atoms with Crippen LogP contribution in [0, 0.1) is 0 Å². The monoisotopic (exact) mass is 363 g/mol. The molecule has 1 heterocycles. The van der Waals surface area contributed by atoms with Gasteiger partial charge in [-0.15, -0.1) is 0 Å². The van der Waals surface area contributed by atoms with Gasteiger partial charge in [0, 0.05) is 19.2 Å². The molecule has 0 aliphatic carbocycles. The maximum atomic E-state index is 12.2. The predicted octanol–water partition coefficient (Wildman–Crippen LogP) is 2.99. The van der Waals surface area contributed by atoms with Crippen LogP contribution in [0.1, 0.15) is 23.9 Å². The molecule has 3 amide bonds. The number of hydrogen-bond donors (Lipinski definition) is 2. The van der Waals surface area contributed by atoms with E-state index in [1.807, 2.05) is 0 Å². The Hall–Kier alpha value is -2.80. The van der Waals surface area contributed by atoms with E-state index in [2.05, 4.69) is 10.6 Å². The smallest absolute Gasteiger partial charge is 0.289 e. The van der Waals surface area contributed by atoms with Crippen molar-refractivity contribution in [2.45, 2.75) is 13.3 Å². The Kier molecular flexibility index (Phi) is 6.19. The van der Waals surface area contributed by atoms with E-state index < -0.39 is 11.8 Å². The lowest BCUT2D eigenvalue weighted by Crippen LogP contribution is -2.34. The average molecular weight is 364 g/mol. The Bertz CT molecular complexity index is 774. The van der Waals surface area contributed by atoms with Crippen molar-refractivity contribution in [2.75, 3.05) is 24.2 Å². The Morgan fingerprint density at radius 1 is 1.16 bits per heavy atom. The van der Waals surface area contributed by atoms with Gasteiger partial charge in [-0.05, 0) is 30.3 Å². The molecule has 2 rings (SSSR count). The number of amides is 3. The van der Waals surface area contributed by atoms with Crippen LogP contribution in [-0.2, 0) is 9.59 Å². The van der Waals surface area contributed by atoms with Crippen LogP contribution in [0.5, 0.6) is 0 Å². The molecule has 0 bridgehead atoms. The largest absolute Gasteiger partial charge is 0.459 e. The summed E-state index contributed by atoms with van der Waals surface area (Å²) < 4.78 is 5.01. The molecule has 0 saturated carbocycles. The lowest BCUT2D eigenvalue weighted by Gasteiger charge is -2.16. The SMILES string of the molecule is CCC(=O)Nc1ccc(Cl)c(NC(=O)CN(C)C(=O)c2ccco2)c1. The number of likely N-dealkylation sites (N-methyl/N-ethyl adjacent to an activating group) is 1. The van der Waals surface area contributed by atoms with Crippen LogP contribution < -0.4 is 10.6 Å². The quantitative estimate of drug-likeness (QED) is 0.825.